The molecule has 0 aromatic heterocycles. The van der Waals surface area contributed by atoms with Crippen molar-refractivity contribution in [2.75, 3.05) is 13.2 Å². The highest BCUT2D eigenvalue weighted by molar-refractivity contribution is 5.97. The number of amides is 1. The number of fused-ring (bicyclic) bond motifs is 1. The maximum Gasteiger partial charge on any atom is 0.263 e. The van der Waals surface area contributed by atoms with E-state index in [9.17, 15) is 10.1 Å². The molecule has 1 amide bonds. The van der Waals surface area contributed by atoms with Crippen LogP contribution in [0.1, 0.15) is 61.8 Å². The highest BCUT2D eigenvalue weighted by atomic mass is 16.2. The topological polar surface area (TPSA) is 85.2 Å². The van der Waals surface area contributed by atoms with Gasteiger partial charge in [0.15, 0.2) is 0 Å². The third kappa shape index (κ3) is 5.89. The van der Waals surface area contributed by atoms with Gasteiger partial charge in [0.25, 0.3) is 5.91 Å². The number of unbranched alkanes of at least 4 members (excludes halogenated alkanes) is 2. The van der Waals surface area contributed by atoms with Crippen LogP contribution in [0.3, 0.4) is 0 Å². The molecule has 1 atom stereocenters. The van der Waals surface area contributed by atoms with Crippen molar-refractivity contribution in [2.45, 2.75) is 57.9 Å². The van der Waals surface area contributed by atoms with Crippen molar-refractivity contribution in [1.82, 2.24) is 10.6 Å². The Balaban J connectivity index is 1.89. The van der Waals surface area contributed by atoms with E-state index >= 15 is 0 Å². The summed E-state index contributed by atoms with van der Waals surface area (Å²) in [5.74, 6) is -0.361. The van der Waals surface area contributed by atoms with Crippen LogP contribution in [0.25, 0.3) is 0 Å². The lowest BCUT2D eigenvalue weighted by atomic mass is 9.89. The maximum absolute atomic E-state index is 12.3. The summed E-state index contributed by atoms with van der Waals surface area (Å²) in [5.41, 5.74) is 3.96. The highest BCUT2D eigenvalue weighted by Gasteiger charge is 2.16. The molecule has 0 fully saturated rings. The first-order valence-electron chi connectivity index (χ1n) is 9.52. The average molecular weight is 355 g/mol. The predicted octanol–water partition coefficient (Wildman–Crippen LogP) is 2.90. The molecule has 26 heavy (non-hydrogen) atoms. The standard InChI is InChI=1S/C21H29N3O2/c1-16(18-10-9-17-7-3-4-8-19(17)13-18)24-21(26)20(14-22)15-23-11-5-2-6-12-25/h9-10,13,15-16,23,25H,2-8,11-12H2,1H3,(H,24,26)/b20-15-. The molecule has 1 aliphatic carbocycles. The van der Waals surface area contributed by atoms with Crippen molar-refractivity contribution in [2.24, 2.45) is 0 Å². The molecule has 3 N–H and O–H groups in total. The zero-order valence-electron chi connectivity index (χ0n) is 15.6. The largest absolute Gasteiger partial charge is 0.396 e. The second kappa shape index (κ2) is 10.6. The normalized spacial score (nSPS) is 14.9. The Bertz CT molecular complexity index is 676. The average Bonchev–Trinajstić information content (AvgIpc) is 2.67. The second-order valence-electron chi connectivity index (χ2n) is 6.84. The van der Waals surface area contributed by atoms with E-state index in [0.29, 0.717) is 6.54 Å². The lowest BCUT2D eigenvalue weighted by molar-refractivity contribution is -0.117. The number of rotatable bonds is 9. The van der Waals surface area contributed by atoms with Crippen molar-refractivity contribution >= 4 is 5.91 Å². The number of hydrogen-bond donors (Lipinski definition) is 3. The molecule has 5 nitrogen and oxygen atoms in total. The van der Waals surface area contributed by atoms with Crippen LogP contribution >= 0.6 is 0 Å². The summed E-state index contributed by atoms with van der Waals surface area (Å²) in [4.78, 5) is 12.3. The third-order valence-corrected chi connectivity index (χ3v) is 4.81. The molecule has 0 bridgehead atoms. The van der Waals surface area contributed by atoms with Crippen molar-refractivity contribution in [1.29, 1.82) is 5.26 Å². The molecule has 0 spiro atoms. The number of nitrogens with zero attached hydrogens (tertiary/aromatic N) is 1. The van der Waals surface area contributed by atoms with E-state index in [-0.39, 0.29) is 24.1 Å². The van der Waals surface area contributed by atoms with Crippen LogP contribution in [0, 0.1) is 11.3 Å². The fraction of sp³-hybridized carbons (Fsp3) is 0.524. The summed E-state index contributed by atoms with van der Waals surface area (Å²) < 4.78 is 0. The smallest absolute Gasteiger partial charge is 0.263 e. The summed E-state index contributed by atoms with van der Waals surface area (Å²) in [6, 6.07) is 8.25. The first-order chi connectivity index (χ1) is 12.7. The minimum Gasteiger partial charge on any atom is -0.396 e. The Morgan fingerprint density at radius 2 is 2.04 bits per heavy atom. The van der Waals surface area contributed by atoms with Gasteiger partial charge in [-0.25, -0.2) is 0 Å². The minimum absolute atomic E-state index is 0.0805. The first kappa shape index (κ1) is 20.0. The predicted molar refractivity (Wildman–Crippen MR) is 102 cm³/mol. The maximum atomic E-state index is 12.3. The molecule has 1 aliphatic rings. The van der Waals surface area contributed by atoms with Gasteiger partial charge in [-0.05, 0) is 68.6 Å². The molecule has 140 valence electrons. The van der Waals surface area contributed by atoms with Gasteiger partial charge < -0.3 is 15.7 Å². The van der Waals surface area contributed by atoms with Crippen LogP contribution in [0.15, 0.2) is 30.0 Å². The number of benzene rings is 1. The Morgan fingerprint density at radius 1 is 1.27 bits per heavy atom. The lowest BCUT2D eigenvalue weighted by Crippen LogP contribution is -2.28. The van der Waals surface area contributed by atoms with Crippen LogP contribution in [0.2, 0.25) is 0 Å². The number of aliphatic hydroxyl groups excluding tert-OH is 1. The van der Waals surface area contributed by atoms with Gasteiger partial charge in [-0.3, -0.25) is 4.79 Å². The Morgan fingerprint density at radius 3 is 2.77 bits per heavy atom. The van der Waals surface area contributed by atoms with Crippen molar-refractivity contribution < 1.29 is 9.90 Å². The zero-order valence-corrected chi connectivity index (χ0v) is 15.6. The molecule has 1 unspecified atom stereocenters. The fourth-order valence-corrected chi connectivity index (χ4v) is 3.22. The lowest BCUT2D eigenvalue weighted by Gasteiger charge is -2.20. The SMILES string of the molecule is CC(NC(=O)/C(C#N)=C\NCCCCCO)c1ccc2c(c1)CCCC2. The quantitative estimate of drug-likeness (QED) is 0.361. The fourth-order valence-electron chi connectivity index (χ4n) is 3.22. The van der Waals surface area contributed by atoms with Crippen LogP contribution in [-0.2, 0) is 17.6 Å². The van der Waals surface area contributed by atoms with Crippen LogP contribution in [0.5, 0.6) is 0 Å². The summed E-state index contributed by atoms with van der Waals surface area (Å²) in [6.07, 6.45) is 8.78. The van der Waals surface area contributed by atoms with E-state index in [4.69, 9.17) is 5.11 Å². The van der Waals surface area contributed by atoms with Gasteiger partial charge in [-0.2, -0.15) is 5.26 Å². The van der Waals surface area contributed by atoms with E-state index in [2.05, 4.69) is 28.8 Å². The van der Waals surface area contributed by atoms with E-state index < -0.39 is 0 Å². The molecule has 0 saturated carbocycles. The van der Waals surface area contributed by atoms with Crippen LogP contribution < -0.4 is 10.6 Å². The molecule has 0 aliphatic heterocycles. The van der Waals surface area contributed by atoms with Crippen molar-refractivity contribution in [3.63, 3.8) is 0 Å². The van der Waals surface area contributed by atoms with E-state index in [1.165, 1.54) is 30.2 Å². The summed E-state index contributed by atoms with van der Waals surface area (Å²) >= 11 is 0. The molecule has 5 heteroatoms. The number of aliphatic hydroxyl groups is 1. The van der Waals surface area contributed by atoms with Crippen LogP contribution in [-0.4, -0.2) is 24.2 Å². The van der Waals surface area contributed by atoms with Crippen molar-refractivity contribution in [3.8, 4) is 6.07 Å². The minimum atomic E-state index is -0.361. The Hall–Kier alpha value is -2.32. The van der Waals surface area contributed by atoms with E-state index in [1.807, 2.05) is 13.0 Å². The number of hydrogen-bond acceptors (Lipinski definition) is 4. The van der Waals surface area contributed by atoms with Gasteiger partial charge in [-0.1, -0.05) is 18.2 Å². The van der Waals surface area contributed by atoms with E-state index in [1.54, 1.807) is 0 Å². The van der Waals surface area contributed by atoms with Gasteiger partial charge in [-0.15, -0.1) is 0 Å². The number of nitriles is 1. The zero-order chi connectivity index (χ0) is 18.8. The van der Waals surface area contributed by atoms with Gasteiger partial charge >= 0.3 is 0 Å². The van der Waals surface area contributed by atoms with Crippen molar-refractivity contribution in [3.05, 3.63) is 46.7 Å². The molecule has 1 aromatic carbocycles. The van der Waals surface area contributed by atoms with Gasteiger partial charge in [0.1, 0.15) is 11.6 Å². The first-order valence-corrected chi connectivity index (χ1v) is 9.52. The monoisotopic (exact) mass is 355 g/mol. The highest BCUT2D eigenvalue weighted by Crippen LogP contribution is 2.24. The third-order valence-electron chi connectivity index (χ3n) is 4.81. The van der Waals surface area contributed by atoms with Crippen LogP contribution in [0.4, 0.5) is 0 Å². The number of aryl methyl sites for hydroxylation is 2. The Labute approximate surface area is 156 Å². The summed E-state index contributed by atoms with van der Waals surface area (Å²) in [6.45, 7) is 2.82. The number of nitrogens with one attached hydrogen (secondary N) is 2. The molecule has 2 rings (SSSR count). The van der Waals surface area contributed by atoms with Gasteiger partial charge in [0.05, 0.1) is 6.04 Å². The summed E-state index contributed by atoms with van der Waals surface area (Å²) in [7, 11) is 0. The van der Waals surface area contributed by atoms with E-state index in [0.717, 1.165) is 37.7 Å². The molecule has 0 heterocycles. The Kier molecular flexibility index (Phi) is 8.17. The molecular formula is C21H29N3O2. The number of carbonyl (C=O) groups is 1. The van der Waals surface area contributed by atoms with Gasteiger partial charge in [0.2, 0.25) is 0 Å². The molecule has 0 radical (unpaired) electrons. The number of carbonyl (C=O) groups excluding carboxylic acids is 1. The second-order valence-corrected chi connectivity index (χ2v) is 6.84. The molecule has 1 aromatic rings. The molecule has 0 saturated heterocycles. The summed E-state index contributed by atoms with van der Waals surface area (Å²) in [5, 5.41) is 23.9. The van der Waals surface area contributed by atoms with Gasteiger partial charge in [0, 0.05) is 19.4 Å². The molecular weight excluding hydrogens is 326 g/mol.